The molecule has 0 aliphatic carbocycles. The summed E-state index contributed by atoms with van der Waals surface area (Å²) >= 11 is 0. The van der Waals surface area contributed by atoms with E-state index in [0.717, 1.165) is 36.2 Å². The molecule has 3 heterocycles. The second-order valence-electron chi connectivity index (χ2n) is 5.97. The molecule has 0 fully saturated rings. The van der Waals surface area contributed by atoms with E-state index in [1.54, 1.807) is 0 Å². The number of hydrogen-bond donors (Lipinski definition) is 0. The first-order valence-electron chi connectivity index (χ1n) is 7.88. The van der Waals surface area contributed by atoms with Crippen LogP contribution in [0.4, 0.5) is 11.5 Å². The molecule has 0 amide bonds. The maximum atomic E-state index is 4.90. The lowest BCUT2D eigenvalue weighted by molar-refractivity contribution is 0.847. The van der Waals surface area contributed by atoms with Crippen molar-refractivity contribution in [2.75, 3.05) is 11.4 Å². The minimum atomic E-state index is 0.937. The predicted molar refractivity (Wildman–Crippen MR) is 90.8 cm³/mol. The van der Waals surface area contributed by atoms with Crippen LogP contribution in [-0.4, -0.2) is 16.5 Å². The molecule has 0 radical (unpaired) electrons. The molecule has 1 aliphatic heterocycles. The van der Waals surface area contributed by atoms with E-state index in [1.807, 2.05) is 18.3 Å². The molecular weight excluding hydrogens is 270 g/mol. The first kappa shape index (κ1) is 13.3. The van der Waals surface area contributed by atoms with Gasteiger partial charge in [-0.15, -0.1) is 0 Å². The Kier molecular flexibility index (Phi) is 3.07. The van der Waals surface area contributed by atoms with Crippen LogP contribution in [-0.2, 0) is 6.42 Å². The smallest absolute Gasteiger partial charge is 0.137 e. The van der Waals surface area contributed by atoms with Gasteiger partial charge in [-0.25, -0.2) is 4.98 Å². The van der Waals surface area contributed by atoms with Crippen molar-refractivity contribution in [3.63, 3.8) is 0 Å². The SMILES string of the molecule is CCCN1c2ccc(C)cc2Cc2cc3ncccc3nc21. The Labute approximate surface area is 130 Å². The first-order valence-corrected chi connectivity index (χ1v) is 7.88. The highest BCUT2D eigenvalue weighted by atomic mass is 15.2. The summed E-state index contributed by atoms with van der Waals surface area (Å²) in [6, 6.07) is 12.9. The molecule has 0 atom stereocenters. The predicted octanol–water partition coefficient (Wildman–Crippen LogP) is 4.39. The number of nitrogens with zero attached hydrogens (tertiary/aromatic N) is 3. The lowest BCUT2D eigenvalue weighted by Crippen LogP contribution is -2.25. The highest BCUT2D eigenvalue weighted by Gasteiger charge is 2.24. The molecule has 3 aromatic rings. The molecule has 0 saturated carbocycles. The average Bonchev–Trinajstić information content (AvgIpc) is 2.53. The number of hydrogen-bond acceptors (Lipinski definition) is 3. The van der Waals surface area contributed by atoms with Crippen LogP contribution < -0.4 is 4.90 Å². The molecule has 0 bridgehead atoms. The van der Waals surface area contributed by atoms with Gasteiger partial charge in [0.1, 0.15) is 5.82 Å². The van der Waals surface area contributed by atoms with Gasteiger partial charge in [-0.1, -0.05) is 24.6 Å². The Bertz CT molecular complexity index is 854. The van der Waals surface area contributed by atoms with Crippen LogP contribution in [0.25, 0.3) is 11.0 Å². The monoisotopic (exact) mass is 289 g/mol. The zero-order valence-electron chi connectivity index (χ0n) is 13.0. The standard InChI is InChI=1S/C19H19N3/c1-3-9-22-18-7-6-13(2)10-14(18)11-15-12-17-16(21-19(15)22)5-4-8-20-17/h4-8,10,12H,3,9,11H2,1-2H3. The van der Waals surface area contributed by atoms with Crippen molar-refractivity contribution >= 4 is 22.5 Å². The third-order valence-corrected chi connectivity index (χ3v) is 4.25. The van der Waals surface area contributed by atoms with Crippen molar-refractivity contribution < 1.29 is 0 Å². The van der Waals surface area contributed by atoms with Crippen LogP contribution in [0.15, 0.2) is 42.6 Å². The molecule has 0 saturated heterocycles. The summed E-state index contributed by atoms with van der Waals surface area (Å²) in [7, 11) is 0. The van der Waals surface area contributed by atoms with E-state index in [2.05, 4.69) is 48.0 Å². The van der Waals surface area contributed by atoms with E-state index in [1.165, 1.54) is 22.4 Å². The summed E-state index contributed by atoms with van der Waals surface area (Å²) in [5.74, 6) is 1.10. The number of pyridine rings is 2. The van der Waals surface area contributed by atoms with Gasteiger partial charge < -0.3 is 4.90 Å². The fraction of sp³-hybridized carbons (Fsp3) is 0.263. The minimum Gasteiger partial charge on any atom is -0.326 e. The van der Waals surface area contributed by atoms with Gasteiger partial charge in [-0.05, 0) is 43.2 Å². The Hall–Kier alpha value is -2.42. The molecule has 2 aromatic heterocycles. The average molecular weight is 289 g/mol. The van der Waals surface area contributed by atoms with E-state index in [9.17, 15) is 0 Å². The van der Waals surface area contributed by atoms with Crippen molar-refractivity contribution in [3.05, 3.63) is 59.3 Å². The lowest BCUT2D eigenvalue weighted by atomic mass is 9.96. The molecular formula is C19H19N3. The Morgan fingerprint density at radius 1 is 1.09 bits per heavy atom. The van der Waals surface area contributed by atoms with Crippen molar-refractivity contribution in [2.45, 2.75) is 26.7 Å². The number of aromatic nitrogens is 2. The molecule has 0 N–H and O–H groups in total. The van der Waals surface area contributed by atoms with Gasteiger partial charge in [0.15, 0.2) is 0 Å². The van der Waals surface area contributed by atoms with Crippen LogP contribution in [0.2, 0.25) is 0 Å². The molecule has 4 rings (SSSR count). The van der Waals surface area contributed by atoms with Gasteiger partial charge >= 0.3 is 0 Å². The zero-order chi connectivity index (χ0) is 15.1. The lowest BCUT2D eigenvalue weighted by Gasteiger charge is -2.32. The maximum Gasteiger partial charge on any atom is 0.137 e. The highest BCUT2D eigenvalue weighted by molar-refractivity contribution is 5.82. The molecule has 22 heavy (non-hydrogen) atoms. The van der Waals surface area contributed by atoms with Gasteiger partial charge in [0.05, 0.1) is 11.0 Å². The van der Waals surface area contributed by atoms with Crippen LogP contribution in [0.3, 0.4) is 0 Å². The van der Waals surface area contributed by atoms with E-state index in [-0.39, 0.29) is 0 Å². The van der Waals surface area contributed by atoms with Crippen LogP contribution in [0.1, 0.15) is 30.0 Å². The highest BCUT2D eigenvalue weighted by Crippen LogP contribution is 2.38. The van der Waals surface area contributed by atoms with Crippen molar-refractivity contribution in [1.82, 2.24) is 9.97 Å². The third kappa shape index (κ3) is 2.05. The summed E-state index contributed by atoms with van der Waals surface area (Å²) in [6.07, 6.45) is 3.87. The number of anilines is 2. The number of benzene rings is 1. The Morgan fingerprint density at radius 2 is 2.00 bits per heavy atom. The zero-order valence-corrected chi connectivity index (χ0v) is 13.0. The largest absolute Gasteiger partial charge is 0.326 e. The molecule has 0 spiro atoms. The van der Waals surface area contributed by atoms with Gasteiger partial charge in [0.2, 0.25) is 0 Å². The van der Waals surface area contributed by atoms with E-state index < -0.39 is 0 Å². The first-order chi connectivity index (χ1) is 10.8. The summed E-state index contributed by atoms with van der Waals surface area (Å²) < 4.78 is 0. The topological polar surface area (TPSA) is 29.0 Å². The summed E-state index contributed by atoms with van der Waals surface area (Å²) in [5.41, 5.74) is 7.23. The number of aryl methyl sites for hydroxylation is 1. The van der Waals surface area contributed by atoms with Gasteiger partial charge in [0, 0.05) is 30.4 Å². The quantitative estimate of drug-likeness (QED) is 0.700. The molecule has 110 valence electrons. The van der Waals surface area contributed by atoms with E-state index >= 15 is 0 Å². The molecule has 1 aliphatic rings. The second kappa shape index (κ2) is 5.09. The fourth-order valence-electron chi connectivity index (χ4n) is 3.28. The van der Waals surface area contributed by atoms with Gasteiger partial charge in [0.25, 0.3) is 0 Å². The van der Waals surface area contributed by atoms with Gasteiger partial charge in [-0.2, -0.15) is 0 Å². The van der Waals surface area contributed by atoms with Crippen molar-refractivity contribution in [1.29, 1.82) is 0 Å². The van der Waals surface area contributed by atoms with Crippen molar-refractivity contribution in [2.24, 2.45) is 0 Å². The Balaban J connectivity index is 1.94. The van der Waals surface area contributed by atoms with E-state index in [4.69, 9.17) is 4.98 Å². The molecule has 3 heteroatoms. The third-order valence-electron chi connectivity index (χ3n) is 4.25. The molecule has 3 nitrogen and oxygen atoms in total. The second-order valence-corrected chi connectivity index (χ2v) is 5.97. The normalized spacial score (nSPS) is 13.1. The van der Waals surface area contributed by atoms with E-state index in [0.29, 0.717) is 0 Å². The van der Waals surface area contributed by atoms with Gasteiger partial charge in [-0.3, -0.25) is 4.98 Å². The summed E-state index contributed by atoms with van der Waals surface area (Å²) in [4.78, 5) is 11.7. The minimum absolute atomic E-state index is 0.937. The maximum absolute atomic E-state index is 4.90. The summed E-state index contributed by atoms with van der Waals surface area (Å²) in [6.45, 7) is 5.35. The molecule has 1 aromatic carbocycles. The van der Waals surface area contributed by atoms with Crippen LogP contribution in [0, 0.1) is 6.92 Å². The summed E-state index contributed by atoms with van der Waals surface area (Å²) in [5, 5.41) is 0. The molecule has 0 unspecified atom stereocenters. The van der Waals surface area contributed by atoms with Crippen molar-refractivity contribution in [3.8, 4) is 0 Å². The number of rotatable bonds is 2. The van der Waals surface area contributed by atoms with Crippen LogP contribution >= 0.6 is 0 Å². The Morgan fingerprint density at radius 3 is 2.86 bits per heavy atom. The van der Waals surface area contributed by atoms with Crippen LogP contribution in [0.5, 0.6) is 0 Å². The fourth-order valence-corrected chi connectivity index (χ4v) is 3.28. The number of fused-ring (bicyclic) bond motifs is 3.